The van der Waals surface area contributed by atoms with E-state index in [1.165, 1.54) is 5.56 Å². The van der Waals surface area contributed by atoms with Crippen LogP contribution in [0.25, 0.3) is 11.5 Å². The molecule has 0 saturated heterocycles. The third-order valence-corrected chi connectivity index (χ3v) is 7.76. The van der Waals surface area contributed by atoms with E-state index in [9.17, 15) is 13.6 Å². The molecule has 0 radical (unpaired) electrons. The Kier molecular flexibility index (Phi) is 9.31. The van der Waals surface area contributed by atoms with Gasteiger partial charge in [-0.15, -0.1) is 22.0 Å². The van der Waals surface area contributed by atoms with Crippen LogP contribution in [0.1, 0.15) is 69.9 Å². The van der Waals surface area contributed by atoms with Gasteiger partial charge in [0.2, 0.25) is 17.7 Å². The lowest BCUT2D eigenvalue weighted by atomic mass is 9.91. The first kappa shape index (κ1) is 29.1. The predicted molar refractivity (Wildman–Crippen MR) is 149 cm³/mol. The number of amides is 1. The maximum atomic E-state index is 13.8. The maximum absolute atomic E-state index is 13.8. The maximum Gasteiger partial charge on any atom is 0.410 e. The first-order valence-electron chi connectivity index (χ1n) is 13.5. The molecule has 0 unspecified atom stereocenters. The van der Waals surface area contributed by atoms with Crippen LogP contribution in [0, 0.1) is 6.92 Å². The molecule has 1 aliphatic carbocycles. The van der Waals surface area contributed by atoms with Gasteiger partial charge in [-0.1, -0.05) is 42.0 Å². The highest BCUT2D eigenvalue weighted by molar-refractivity contribution is 7.98. The molecule has 3 aromatic rings. The van der Waals surface area contributed by atoms with Crippen molar-refractivity contribution in [3.05, 3.63) is 65.5 Å². The molecule has 0 spiro atoms. The molecule has 0 aliphatic heterocycles. The van der Waals surface area contributed by atoms with E-state index in [-0.39, 0.29) is 31.7 Å². The van der Waals surface area contributed by atoms with Gasteiger partial charge in [-0.05, 0) is 64.7 Å². The Labute approximate surface area is 233 Å². The van der Waals surface area contributed by atoms with Gasteiger partial charge < -0.3 is 14.1 Å². The number of hydrogen-bond acceptors (Lipinski definition) is 6. The molecule has 1 aliphatic rings. The number of carbonyl (C=O) groups excluding carboxylic acids is 1. The van der Waals surface area contributed by atoms with Gasteiger partial charge in [0, 0.05) is 42.5 Å². The Morgan fingerprint density at radius 3 is 2.54 bits per heavy atom. The lowest BCUT2D eigenvalue weighted by molar-refractivity contribution is -0.0571. The molecular formula is C30H37F2N3O3S. The summed E-state index contributed by atoms with van der Waals surface area (Å²) in [5, 5.41) is 8.57. The van der Waals surface area contributed by atoms with E-state index in [4.69, 9.17) is 9.15 Å². The molecule has 1 fully saturated rings. The zero-order valence-electron chi connectivity index (χ0n) is 23.1. The molecule has 1 saturated carbocycles. The summed E-state index contributed by atoms with van der Waals surface area (Å²) in [6.45, 7) is 7.80. The van der Waals surface area contributed by atoms with E-state index in [1.54, 1.807) is 37.4 Å². The van der Waals surface area contributed by atoms with Crippen molar-refractivity contribution in [3.63, 3.8) is 0 Å². The van der Waals surface area contributed by atoms with Crippen LogP contribution in [0.15, 0.2) is 57.8 Å². The monoisotopic (exact) mass is 557 g/mol. The minimum atomic E-state index is -2.66. The summed E-state index contributed by atoms with van der Waals surface area (Å²) in [7, 11) is 0. The van der Waals surface area contributed by atoms with Crippen LogP contribution in [0.3, 0.4) is 0 Å². The summed E-state index contributed by atoms with van der Waals surface area (Å²) >= 11 is 1.72. The standard InChI is InChI=1S/C30H37F2N3O3S/c1-21-12-13-25(39-20-22-9-6-5-7-10-22)24(19-21)27-34-33-26(37-27)11-8-18-35(28(36)38-29(2,3)4)23-14-16-30(31,32)17-15-23/h5-7,9-10,12-13,19,23H,8,11,14-18,20H2,1-4H3. The molecule has 1 aromatic heterocycles. The van der Waals surface area contributed by atoms with E-state index < -0.39 is 17.6 Å². The molecule has 210 valence electrons. The van der Waals surface area contributed by atoms with Crippen molar-refractivity contribution in [3.8, 4) is 11.5 Å². The van der Waals surface area contributed by atoms with Gasteiger partial charge in [0.1, 0.15) is 5.60 Å². The van der Waals surface area contributed by atoms with Gasteiger partial charge in [-0.25, -0.2) is 13.6 Å². The van der Waals surface area contributed by atoms with Crippen molar-refractivity contribution in [2.45, 2.75) is 94.4 Å². The van der Waals surface area contributed by atoms with Crippen LogP contribution >= 0.6 is 11.8 Å². The minimum absolute atomic E-state index is 0.217. The molecule has 6 nitrogen and oxygen atoms in total. The fraction of sp³-hybridized carbons (Fsp3) is 0.500. The number of nitrogens with zero attached hydrogens (tertiary/aromatic N) is 3. The van der Waals surface area contributed by atoms with Crippen LogP contribution in [-0.4, -0.2) is 45.3 Å². The number of aryl methyl sites for hydroxylation is 2. The smallest absolute Gasteiger partial charge is 0.410 e. The van der Waals surface area contributed by atoms with Gasteiger partial charge in [-0.3, -0.25) is 0 Å². The van der Waals surface area contributed by atoms with Crippen LogP contribution in [0.2, 0.25) is 0 Å². The number of hydrogen-bond donors (Lipinski definition) is 0. The fourth-order valence-corrected chi connectivity index (χ4v) is 5.60. The van der Waals surface area contributed by atoms with E-state index >= 15 is 0 Å². The Morgan fingerprint density at radius 1 is 1.13 bits per heavy atom. The Balaban J connectivity index is 1.41. The average Bonchev–Trinajstić information content (AvgIpc) is 3.34. The fourth-order valence-electron chi connectivity index (χ4n) is 4.62. The first-order chi connectivity index (χ1) is 18.5. The Bertz CT molecular complexity index is 1230. The summed E-state index contributed by atoms with van der Waals surface area (Å²) in [4.78, 5) is 15.6. The third-order valence-electron chi connectivity index (χ3n) is 6.61. The number of benzene rings is 2. The molecule has 39 heavy (non-hydrogen) atoms. The zero-order valence-corrected chi connectivity index (χ0v) is 23.9. The summed E-state index contributed by atoms with van der Waals surface area (Å²) in [6.07, 6.45) is 0.631. The second-order valence-corrected chi connectivity index (χ2v) is 12.2. The highest BCUT2D eigenvalue weighted by Gasteiger charge is 2.39. The van der Waals surface area contributed by atoms with Crippen LogP contribution < -0.4 is 0 Å². The van der Waals surface area contributed by atoms with Crippen molar-refractivity contribution in [2.75, 3.05) is 6.54 Å². The number of thioether (sulfide) groups is 1. The highest BCUT2D eigenvalue weighted by Crippen LogP contribution is 2.36. The van der Waals surface area contributed by atoms with Crippen molar-refractivity contribution in [2.24, 2.45) is 0 Å². The number of aromatic nitrogens is 2. The predicted octanol–water partition coefficient (Wildman–Crippen LogP) is 8.08. The summed E-state index contributed by atoms with van der Waals surface area (Å²) in [6, 6.07) is 16.2. The van der Waals surface area contributed by atoms with Gasteiger partial charge in [-0.2, -0.15) is 0 Å². The van der Waals surface area contributed by atoms with E-state index in [0.29, 0.717) is 31.2 Å². The second kappa shape index (κ2) is 12.5. The molecule has 9 heteroatoms. The average molecular weight is 558 g/mol. The van der Waals surface area contributed by atoms with Crippen molar-refractivity contribution >= 4 is 17.9 Å². The van der Waals surface area contributed by atoms with Crippen LogP contribution in [0.5, 0.6) is 0 Å². The second-order valence-electron chi connectivity index (χ2n) is 11.1. The van der Waals surface area contributed by atoms with Crippen molar-refractivity contribution in [1.29, 1.82) is 0 Å². The zero-order chi connectivity index (χ0) is 28.0. The molecular weight excluding hydrogens is 520 g/mol. The summed E-state index contributed by atoms with van der Waals surface area (Å²) in [5.74, 6) is -0.900. The van der Waals surface area contributed by atoms with Crippen molar-refractivity contribution in [1.82, 2.24) is 15.1 Å². The van der Waals surface area contributed by atoms with Crippen LogP contribution in [-0.2, 0) is 16.9 Å². The summed E-state index contributed by atoms with van der Waals surface area (Å²) in [5.41, 5.74) is 2.56. The molecule has 2 aromatic carbocycles. The largest absolute Gasteiger partial charge is 0.444 e. The molecule has 0 atom stereocenters. The molecule has 0 N–H and O–H groups in total. The van der Waals surface area contributed by atoms with Gasteiger partial charge >= 0.3 is 6.09 Å². The minimum Gasteiger partial charge on any atom is -0.444 e. The lowest BCUT2D eigenvalue weighted by Gasteiger charge is -2.37. The SMILES string of the molecule is Cc1ccc(SCc2ccccc2)c(-c2nnc(CCCN(C(=O)OC(C)(C)C)C3CCC(F)(F)CC3)o2)c1. The van der Waals surface area contributed by atoms with Gasteiger partial charge in [0.15, 0.2) is 0 Å². The summed E-state index contributed by atoms with van der Waals surface area (Å²) < 4.78 is 39.1. The normalized spacial score (nSPS) is 15.7. The topological polar surface area (TPSA) is 68.5 Å². The number of halogens is 2. The Morgan fingerprint density at radius 2 is 1.85 bits per heavy atom. The molecule has 1 amide bonds. The van der Waals surface area contributed by atoms with Gasteiger partial charge in [0.25, 0.3) is 0 Å². The number of alkyl halides is 2. The van der Waals surface area contributed by atoms with E-state index in [2.05, 4.69) is 34.5 Å². The number of rotatable bonds is 9. The Hall–Kier alpha value is -2.94. The van der Waals surface area contributed by atoms with E-state index in [1.807, 2.05) is 31.2 Å². The molecule has 0 bridgehead atoms. The van der Waals surface area contributed by atoms with Gasteiger partial charge in [0.05, 0.1) is 5.56 Å². The van der Waals surface area contributed by atoms with Crippen LogP contribution in [0.4, 0.5) is 13.6 Å². The van der Waals surface area contributed by atoms with Crippen molar-refractivity contribution < 1.29 is 22.7 Å². The molecule has 4 rings (SSSR count). The number of carbonyl (C=O) groups is 1. The lowest BCUT2D eigenvalue weighted by Crippen LogP contribution is -2.46. The number of ether oxygens (including phenoxy) is 1. The molecule has 1 heterocycles. The highest BCUT2D eigenvalue weighted by atomic mass is 32.2. The first-order valence-corrected chi connectivity index (χ1v) is 14.5. The van der Waals surface area contributed by atoms with E-state index in [0.717, 1.165) is 21.8 Å². The quantitative estimate of drug-likeness (QED) is 0.248. The third kappa shape index (κ3) is 8.52.